The average molecular weight is 501 g/mol. The summed E-state index contributed by atoms with van der Waals surface area (Å²) in [7, 11) is 1.53. The van der Waals surface area contributed by atoms with Crippen molar-refractivity contribution in [3.8, 4) is 22.8 Å². The molecule has 0 bridgehead atoms. The maximum absolute atomic E-state index is 14.2. The Morgan fingerprint density at radius 1 is 0.912 bits per heavy atom. The second kappa shape index (κ2) is 8.53. The fraction of sp³-hybridized carbons (Fsp3) is 0.238. The molecule has 0 radical (unpaired) electrons. The van der Waals surface area contributed by atoms with Gasteiger partial charge in [0.05, 0.1) is 23.4 Å². The summed E-state index contributed by atoms with van der Waals surface area (Å²) in [5.41, 5.74) is -0.948. The van der Waals surface area contributed by atoms with Crippen molar-refractivity contribution < 1.29 is 30.7 Å². The normalized spacial score (nSPS) is 12.5. The molecule has 0 atom stereocenters. The summed E-state index contributed by atoms with van der Waals surface area (Å²) < 4.78 is 94.6. The molecule has 4 heterocycles. The number of imidazole rings is 1. The lowest BCUT2D eigenvalue weighted by atomic mass is 10.1. The van der Waals surface area contributed by atoms with Gasteiger partial charge in [0.15, 0.2) is 11.6 Å². The number of hydrogen-bond acceptors (Lipinski definition) is 5. The maximum Gasteiger partial charge on any atom is 0.459 e. The van der Waals surface area contributed by atoms with Crippen molar-refractivity contribution in [2.45, 2.75) is 23.9 Å². The summed E-state index contributed by atoms with van der Waals surface area (Å²) in [6.07, 6.45) is -2.76. The van der Waals surface area contributed by atoms with E-state index in [4.69, 9.17) is 0 Å². The second-order valence-corrected chi connectivity index (χ2v) is 8.42. The lowest BCUT2D eigenvalue weighted by molar-refractivity contribution is -0.290. The molecule has 4 aromatic rings. The molecular formula is C21H14F7N5S. The van der Waals surface area contributed by atoms with Crippen LogP contribution in [0.3, 0.4) is 0 Å². The highest BCUT2D eigenvalue weighted by Crippen LogP contribution is 2.43. The van der Waals surface area contributed by atoms with Gasteiger partial charge in [0.1, 0.15) is 22.9 Å². The van der Waals surface area contributed by atoms with E-state index in [1.807, 2.05) is 6.92 Å². The minimum absolute atomic E-state index is 0.119. The van der Waals surface area contributed by atoms with E-state index in [0.29, 0.717) is 28.5 Å². The molecule has 0 aliphatic rings. The topological polar surface area (TPSA) is 56.5 Å². The number of aryl methyl sites for hydroxylation is 1. The highest BCUT2D eigenvalue weighted by Gasteiger charge is 2.60. The van der Waals surface area contributed by atoms with Crippen molar-refractivity contribution in [1.82, 2.24) is 24.5 Å². The maximum atomic E-state index is 14.2. The molecule has 178 valence electrons. The van der Waals surface area contributed by atoms with Gasteiger partial charge >= 0.3 is 12.1 Å². The Morgan fingerprint density at radius 3 is 2.26 bits per heavy atom. The van der Waals surface area contributed by atoms with Gasteiger partial charge in [-0.05, 0) is 17.9 Å². The van der Waals surface area contributed by atoms with Crippen LogP contribution in [-0.4, -0.2) is 36.4 Å². The molecule has 34 heavy (non-hydrogen) atoms. The lowest BCUT2D eigenvalue weighted by Crippen LogP contribution is -2.34. The van der Waals surface area contributed by atoms with Gasteiger partial charge in [-0.25, -0.2) is 13.8 Å². The first-order chi connectivity index (χ1) is 15.9. The Labute approximate surface area is 192 Å². The van der Waals surface area contributed by atoms with Crippen molar-refractivity contribution >= 4 is 22.8 Å². The van der Waals surface area contributed by atoms with Crippen molar-refractivity contribution in [3.63, 3.8) is 0 Å². The van der Waals surface area contributed by atoms with Gasteiger partial charge in [-0.2, -0.15) is 22.0 Å². The van der Waals surface area contributed by atoms with Crippen LogP contribution in [0.1, 0.15) is 12.6 Å². The monoisotopic (exact) mass is 501 g/mol. The summed E-state index contributed by atoms with van der Waals surface area (Å²) >= 11 is 1.32. The molecule has 13 heteroatoms. The number of rotatable bonds is 5. The van der Waals surface area contributed by atoms with Gasteiger partial charge < -0.3 is 4.57 Å². The Bertz CT molecular complexity index is 1380. The van der Waals surface area contributed by atoms with E-state index in [1.165, 1.54) is 29.6 Å². The summed E-state index contributed by atoms with van der Waals surface area (Å²) in [4.78, 5) is 16.1. The van der Waals surface area contributed by atoms with Crippen LogP contribution in [0.4, 0.5) is 30.7 Å². The van der Waals surface area contributed by atoms with Crippen molar-refractivity contribution in [2.75, 3.05) is 5.75 Å². The molecule has 0 fully saturated rings. The molecule has 0 saturated carbocycles. The van der Waals surface area contributed by atoms with E-state index in [-0.39, 0.29) is 28.1 Å². The molecule has 0 unspecified atom stereocenters. The Morgan fingerprint density at radius 2 is 1.62 bits per heavy atom. The predicted molar refractivity (Wildman–Crippen MR) is 111 cm³/mol. The minimum Gasteiger partial charge on any atom is -0.325 e. The number of thioether (sulfide) groups is 1. The molecule has 0 spiro atoms. The summed E-state index contributed by atoms with van der Waals surface area (Å²) in [5.74, 6) is -6.11. The zero-order valence-corrected chi connectivity index (χ0v) is 18.3. The van der Waals surface area contributed by atoms with Crippen LogP contribution in [0.15, 0.2) is 41.7 Å². The van der Waals surface area contributed by atoms with Crippen molar-refractivity contribution in [2.24, 2.45) is 7.05 Å². The number of pyridine rings is 3. The van der Waals surface area contributed by atoms with Gasteiger partial charge in [-0.1, -0.05) is 6.92 Å². The van der Waals surface area contributed by atoms with Gasteiger partial charge in [0.2, 0.25) is 0 Å². The first-order valence-corrected chi connectivity index (χ1v) is 10.6. The van der Waals surface area contributed by atoms with Crippen molar-refractivity contribution in [1.29, 1.82) is 0 Å². The van der Waals surface area contributed by atoms with E-state index < -0.39 is 29.4 Å². The number of fused-ring (bicyclic) bond motifs is 1. The van der Waals surface area contributed by atoms with Crippen LogP contribution in [0.25, 0.3) is 33.8 Å². The summed E-state index contributed by atoms with van der Waals surface area (Å²) in [5, 5.41) is 0. The fourth-order valence-electron chi connectivity index (χ4n) is 3.25. The first kappa shape index (κ1) is 23.9. The molecular weight excluding hydrogens is 487 g/mol. The third kappa shape index (κ3) is 4.08. The second-order valence-electron chi connectivity index (χ2n) is 7.11. The van der Waals surface area contributed by atoms with Gasteiger partial charge in [-0.3, -0.25) is 15.0 Å². The molecule has 0 N–H and O–H groups in total. The zero-order chi connectivity index (χ0) is 24.8. The predicted octanol–water partition coefficient (Wildman–Crippen LogP) is 6.14. The van der Waals surface area contributed by atoms with Gasteiger partial charge in [-0.15, -0.1) is 11.8 Å². The number of nitrogens with zero attached hydrogens (tertiary/aromatic N) is 5. The third-order valence-electron chi connectivity index (χ3n) is 4.89. The zero-order valence-electron chi connectivity index (χ0n) is 17.5. The number of aromatic nitrogens is 5. The first-order valence-electron chi connectivity index (χ1n) is 9.66. The molecule has 5 nitrogen and oxygen atoms in total. The molecule has 0 aromatic carbocycles. The standard InChI is InChI=1S/C21H14F7N5S/c1-3-34-15-4-10(17-12(23)5-11(22)8-31-17)7-30-18(15)19-32-13-6-16(20(24,25)21(26,27)28)29-9-14(13)33(19)2/h4-9H,3H2,1-2H3. The van der Waals surface area contributed by atoms with E-state index in [9.17, 15) is 30.7 Å². The van der Waals surface area contributed by atoms with Crippen LogP contribution in [0.5, 0.6) is 0 Å². The van der Waals surface area contributed by atoms with Gasteiger partial charge in [0.25, 0.3) is 0 Å². The SMILES string of the molecule is CCSc1cc(-c2ncc(F)cc2F)cnc1-c1nc2cc(C(F)(F)C(F)(F)F)ncc2n1C. The molecule has 0 amide bonds. The Kier molecular flexibility index (Phi) is 6.00. The third-order valence-corrected chi connectivity index (χ3v) is 5.80. The van der Waals surface area contributed by atoms with Crippen LogP contribution < -0.4 is 0 Å². The lowest BCUT2D eigenvalue weighted by Gasteiger charge is -2.18. The largest absolute Gasteiger partial charge is 0.459 e. The molecule has 4 aromatic heterocycles. The van der Waals surface area contributed by atoms with E-state index in [2.05, 4.69) is 19.9 Å². The molecule has 0 aliphatic carbocycles. The van der Waals surface area contributed by atoms with Crippen LogP contribution in [0.2, 0.25) is 0 Å². The number of alkyl halides is 5. The van der Waals surface area contributed by atoms with E-state index >= 15 is 0 Å². The smallest absolute Gasteiger partial charge is 0.325 e. The highest BCUT2D eigenvalue weighted by molar-refractivity contribution is 7.99. The molecule has 0 saturated heterocycles. The molecule has 0 aliphatic heterocycles. The van der Waals surface area contributed by atoms with Crippen LogP contribution >= 0.6 is 11.8 Å². The van der Waals surface area contributed by atoms with E-state index in [1.54, 1.807) is 6.07 Å². The summed E-state index contributed by atoms with van der Waals surface area (Å²) in [6, 6.07) is 2.85. The Balaban J connectivity index is 1.84. The fourth-order valence-corrected chi connectivity index (χ4v) is 4.05. The van der Waals surface area contributed by atoms with Crippen LogP contribution in [-0.2, 0) is 13.0 Å². The minimum atomic E-state index is -5.81. The van der Waals surface area contributed by atoms with Crippen LogP contribution in [0, 0.1) is 11.6 Å². The van der Waals surface area contributed by atoms with Gasteiger partial charge in [0, 0.05) is 29.8 Å². The van der Waals surface area contributed by atoms with E-state index in [0.717, 1.165) is 12.4 Å². The number of halogens is 7. The molecule has 4 rings (SSSR count). The quantitative estimate of drug-likeness (QED) is 0.243. The highest BCUT2D eigenvalue weighted by atomic mass is 32.2. The Hall–Kier alpha value is -3.22. The number of hydrogen-bond donors (Lipinski definition) is 0. The average Bonchev–Trinajstić information content (AvgIpc) is 3.09. The van der Waals surface area contributed by atoms with Crippen molar-refractivity contribution in [3.05, 3.63) is 54.1 Å². The summed E-state index contributed by atoms with van der Waals surface area (Å²) in [6.45, 7) is 1.85.